The molecule has 5 heteroatoms. The Hall–Kier alpha value is -3.91. The largest absolute Gasteiger partial charge is 0.356 e. The number of hydrogen-bond acceptors (Lipinski definition) is 3. The van der Waals surface area contributed by atoms with Crippen LogP contribution in [0, 0.1) is 17.2 Å². The zero-order valence-electron chi connectivity index (χ0n) is 19.7. The molecule has 1 atom stereocenters. The van der Waals surface area contributed by atoms with Crippen molar-refractivity contribution < 1.29 is 9.59 Å². The fourth-order valence-electron chi connectivity index (χ4n) is 5.82. The highest BCUT2D eigenvalue weighted by molar-refractivity contribution is 5.95. The normalized spacial score (nSPS) is 19.2. The number of hydrogen-bond donors (Lipinski definition) is 1. The summed E-state index contributed by atoms with van der Waals surface area (Å²) < 4.78 is 0. The lowest BCUT2D eigenvalue weighted by atomic mass is 9.59. The van der Waals surface area contributed by atoms with Gasteiger partial charge < -0.3 is 10.2 Å². The molecule has 0 aromatic heterocycles. The van der Waals surface area contributed by atoms with Gasteiger partial charge in [-0.05, 0) is 46.7 Å². The third-order valence-electron chi connectivity index (χ3n) is 7.37. The maximum atomic E-state index is 12.9. The zero-order chi connectivity index (χ0) is 24.2. The number of fused-ring (bicyclic) bond motifs is 1. The van der Waals surface area contributed by atoms with E-state index in [1.54, 1.807) is 4.90 Å². The monoisotopic (exact) mass is 463 g/mol. The molecule has 3 aromatic carbocycles. The highest BCUT2D eigenvalue weighted by Crippen LogP contribution is 2.55. The summed E-state index contributed by atoms with van der Waals surface area (Å²) in [4.78, 5) is 27.2. The molecule has 6 rings (SSSR count). The van der Waals surface area contributed by atoms with Gasteiger partial charge in [0.1, 0.15) is 0 Å². The summed E-state index contributed by atoms with van der Waals surface area (Å²) in [5.41, 5.74) is 6.36. The van der Waals surface area contributed by atoms with E-state index < -0.39 is 0 Å². The molecule has 0 fully saturated rings. The van der Waals surface area contributed by atoms with E-state index in [0.29, 0.717) is 24.9 Å². The Morgan fingerprint density at radius 3 is 2.09 bits per heavy atom. The van der Waals surface area contributed by atoms with E-state index in [1.165, 1.54) is 22.3 Å². The van der Waals surface area contributed by atoms with Crippen LogP contribution in [-0.4, -0.2) is 24.9 Å². The molecular weight excluding hydrogens is 434 g/mol. The molecule has 2 amide bonds. The lowest BCUT2D eigenvalue weighted by Crippen LogP contribution is -2.39. The molecule has 1 unspecified atom stereocenters. The van der Waals surface area contributed by atoms with Crippen molar-refractivity contribution >= 4 is 17.5 Å². The molecule has 3 aliphatic rings. The van der Waals surface area contributed by atoms with E-state index in [-0.39, 0.29) is 37.0 Å². The number of anilines is 1. The Balaban J connectivity index is 1.21. The number of amides is 2. The van der Waals surface area contributed by atoms with Crippen LogP contribution in [0.3, 0.4) is 0 Å². The van der Waals surface area contributed by atoms with Gasteiger partial charge in [-0.1, -0.05) is 66.7 Å². The minimum Gasteiger partial charge on any atom is -0.356 e. The summed E-state index contributed by atoms with van der Waals surface area (Å²) in [6.07, 6.45) is 1.53. The third kappa shape index (κ3) is 4.57. The third-order valence-corrected chi connectivity index (χ3v) is 7.37. The first-order valence-electron chi connectivity index (χ1n) is 12.3. The van der Waals surface area contributed by atoms with E-state index in [1.807, 2.05) is 30.3 Å². The molecule has 0 heterocycles. The molecule has 0 radical (unpaired) electrons. The minimum atomic E-state index is -0.138. The second kappa shape index (κ2) is 10.1. The van der Waals surface area contributed by atoms with Crippen LogP contribution in [0.4, 0.5) is 5.69 Å². The molecular formula is C30H29N3O2. The number of nitrogens with zero attached hydrogens (tertiary/aromatic N) is 2. The van der Waals surface area contributed by atoms with Crippen molar-refractivity contribution in [2.75, 3.05) is 18.0 Å². The molecule has 0 saturated carbocycles. The van der Waals surface area contributed by atoms with Gasteiger partial charge in [0.05, 0.1) is 12.5 Å². The van der Waals surface area contributed by atoms with Crippen molar-refractivity contribution in [1.82, 2.24) is 5.32 Å². The van der Waals surface area contributed by atoms with Crippen LogP contribution in [0.1, 0.15) is 59.8 Å². The number of nitrogens with one attached hydrogen (secondary N) is 1. The lowest BCUT2D eigenvalue weighted by Gasteiger charge is -2.45. The predicted molar refractivity (Wildman–Crippen MR) is 136 cm³/mol. The van der Waals surface area contributed by atoms with Gasteiger partial charge in [0.15, 0.2) is 0 Å². The van der Waals surface area contributed by atoms with Crippen LogP contribution in [0.25, 0.3) is 0 Å². The van der Waals surface area contributed by atoms with Crippen molar-refractivity contribution in [3.63, 3.8) is 0 Å². The Kier molecular flexibility index (Phi) is 6.63. The van der Waals surface area contributed by atoms with Gasteiger partial charge in [0, 0.05) is 43.5 Å². The standard InChI is InChI=1S/C30H29N3O2/c31-17-8-18-33(22-9-2-1-3-10-22)29(35)16-15-28(34)32-20-21-19-27-23-11-4-6-13-25(23)30(21)26-14-7-5-12-24(26)27/h1-7,9-14,21,27,30H,8,15-16,18-20H2,(H,32,34). The first-order chi connectivity index (χ1) is 17.2. The van der Waals surface area contributed by atoms with Gasteiger partial charge >= 0.3 is 0 Å². The van der Waals surface area contributed by atoms with Gasteiger partial charge in [-0.2, -0.15) is 5.26 Å². The van der Waals surface area contributed by atoms with Crippen LogP contribution in [0.2, 0.25) is 0 Å². The van der Waals surface area contributed by atoms with Crippen molar-refractivity contribution in [3.05, 3.63) is 101 Å². The van der Waals surface area contributed by atoms with E-state index in [4.69, 9.17) is 5.26 Å². The molecule has 1 N–H and O–H groups in total. The molecule has 2 bridgehead atoms. The van der Waals surface area contributed by atoms with Crippen LogP contribution in [-0.2, 0) is 9.59 Å². The summed E-state index contributed by atoms with van der Waals surface area (Å²) in [6.45, 7) is 0.929. The van der Waals surface area contributed by atoms with Gasteiger partial charge in [-0.15, -0.1) is 0 Å². The number of benzene rings is 3. The van der Waals surface area contributed by atoms with Crippen molar-refractivity contribution in [3.8, 4) is 6.07 Å². The first kappa shape index (κ1) is 22.9. The Bertz CT molecular complexity index is 1220. The number of carbonyl (C=O) groups is 2. The molecule has 3 aliphatic carbocycles. The average molecular weight is 464 g/mol. The Morgan fingerprint density at radius 2 is 1.46 bits per heavy atom. The summed E-state index contributed by atoms with van der Waals surface area (Å²) in [6, 6.07) is 28.8. The van der Waals surface area contributed by atoms with Gasteiger partial charge in [-0.25, -0.2) is 0 Å². The van der Waals surface area contributed by atoms with Crippen LogP contribution in [0.15, 0.2) is 78.9 Å². The predicted octanol–water partition coefficient (Wildman–Crippen LogP) is 5.13. The van der Waals surface area contributed by atoms with Crippen LogP contribution in [0.5, 0.6) is 0 Å². The fraction of sp³-hybridized carbons (Fsp3) is 0.300. The van der Waals surface area contributed by atoms with Gasteiger partial charge in [0.25, 0.3) is 0 Å². The van der Waals surface area contributed by atoms with Crippen LogP contribution >= 0.6 is 0 Å². The maximum absolute atomic E-state index is 12.9. The van der Waals surface area contributed by atoms with Crippen molar-refractivity contribution in [1.29, 1.82) is 5.26 Å². The van der Waals surface area contributed by atoms with E-state index in [9.17, 15) is 9.59 Å². The highest BCUT2D eigenvalue weighted by Gasteiger charge is 2.42. The molecule has 35 heavy (non-hydrogen) atoms. The minimum absolute atomic E-state index is 0.102. The number of carbonyl (C=O) groups excluding carboxylic acids is 2. The highest BCUT2D eigenvalue weighted by atomic mass is 16.2. The zero-order valence-corrected chi connectivity index (χ0v) is 19.7. The second-order valence-corrected chi connectivity index (χ2v) is 9.38. The SMILES string of the molecule is N#CCCN(C(=O)CCC(=O)NCC1CC2c3ccccc3C1c1ccccc12)c1ccccc1. The lowest BCUT2D eigenvalue weighted by molar-refractivity contribution is -0.125. The van der Waals surface area contributed by atoms with E-state index in [2.05, 4.69) is 59.9 Å². The van der Waals surface area contributed by atoms with Gasteiger partial charge in [-0.3, -0.25) is 9.59 Å². The average Bonchev–Trinajstić information content (AvgIpc) is 2.91. The molecule has 0 spiro atoms. The topological polar surface area (TPSA) is 73.2 Å². The molecule has 0 saturated heterocycles. The quantitative estimate of drug-likeness (QED) is 0.504. The summed E-state index contributed by atoms with van der Waals surface area (Å²) in [5, 5.41) is 12.1. The maximum Gasteiger partial charge on any atom is 0.227 e. The van der Waals surface area contributed by atoms with Crippen molar-refractivity contribution in [2.24, 2.45) is 5.92 Å². The summed E-state index contributed by atoms with van der Waals surface area (Å²) in [5.74, 6) is 0.751. The molecule has 176 valence electrons. The smallest absolute Gasteiger partial charge is 0.227 e. The Morgan fingerprint density at radius 1 is 0.857 bits per heavy atom. The van der Waals surface area contributed by atoms with E-state index in [0.717, 1.165) is 12.1 Å². The second-order valence-electron chi connectivity index (χ2n) is 9.38. The van der Waals surface area contributed by atoms with Gasteiger partial charge in [0.2, 0.25) is 11.8 Å². The van der Waals surface area contributed by atoms with E-state index >= 15 is 0 Å². The summed E-state index contributed by atoms with van der Waals surface area (Å²) in [7, 11) is 0. The Labute approximate surface area is 206 Å². The number of rotatable bonds is 8. The molecule has 0 aliphatic heterocycles. The van der Waals surface area contributed by atoms with Crippen LogP contribution < -0.4 is 10.2 Å². The number of nitriles is 1. The molecule has 5 nitrogen and oxygen atoms in total. The van der Waals surface area contributed by atoms with Crippen molar-refractivity contribution in [2.45, 2.75) is 37.5 Å². The first-order valence-corrected chi connectivity index (χ1v) is 12.3. The molecule has 3 aromatic rings. The fourth-order valence-corrected chi connectivity index (χ4v) is 5.82. The number of para-hydroxylation sites is 1. The summed E-state index contributed by atoms with van der Waals surface area (Å²) >= 11 is 0.